The summed E-state index contributed by atoms with van der Waals surface area (Å²) in [4.78, 5) is 0. The van der Waals surface area contributed by atoms with Crippen LogP contribution in [0.15, 0.2) is 18.2 Å². The highest BCUT2D eigenvalue weighted by Crippen LogP contribution is 2.16. The van der Waals surface area contributed by atoms with Crippen LogP contribution in [0.25, 0.3) is 0 Å². The lowest BCUT2D eigenvalue weighted by molar-refractivity contribution is 0.253. The van der Waals surface area contributed by atoms with E-state index in [1.54, 1.807) is 0 Å². The molecule has 0 aliphatic heterocycles. The van der Waals surface area contributed by atoms with E-state index in [1.807, 2.05) is 12.1 Å². The van der Waals surface area contributed by atoms with E-state index in [1.165, 1.54) is 11.1 Å². The van der Waals surface area contributed by atoms with Gasteiger partial charge in [0.25, 0.3) is 0 Å². The second-order valence-electron chi connectivity index (χ2n) is 3.60. The molecule has 1 N–H and O–H groups in total. The molecule has 2 heteroatoms. The summed E-state index contributed by atoms with van der Waals surface area (Å²) in [6.45, 7) is 5.06. The molecule has 0 aliphatic carbocycles. The van der Waals surface area contributed by atoms with Gasteiger partial charge in [-0.15, -0.1) is 0 Å². The predicted molar refractivity (Wildman–Crippen MR) is 57.7 cm³/mol. The highest BCUT2D eigenvalue weighted by atomic mass is 16.5. The van der Waals surface area contributed by atoms with Crippen molar-refractivity contribution in [2.24, 2.45) is 0 Å². The topological polar surface area (TPSA) is 29.5 Å². The van der Waals surface area contributed by atoms with Gasteiger partial charge in [0.05, 0.1) is 6.61 Å². The Morgan fingerprint density at radius 2 is 1.71 bits per heavy atom. The number of aryl methyl sites for hydroxylation is 2. The first-order valence-electron chi connectivity index (χ1n) is 5.04. The van der Waals surface area contributed by atoms with Gasteiger partial charge < -0.3 is 9.84 Å². The highest BCUT2D eigenvalue weighted by molar-refractivity contribution is 5.32. The number of aliphatic hydroxyl groups is 1. The molecule has 0 saturated carbocycles. The summed E-state index contributed by atoms with van der Waals surface area (Å²) in [5.74, 6) is 0.931. The minimum absolute atomic E-state index is 0.246. The number of benzene rings is 1. The maximum atomic E-state index is 8.60. The van der Waals surface area contributed by atoms with Gasteiger partial charge in [0.15, 0.2) is 0 Å². The Hall–Kier alpha value is -1.02. The molecule has 0 heterocycles. The third-order valence-corrected chi connectivity index (χ3v) is 2.02. The van der Waals surface area contributed by atoms with E-state index in [2.05, 4.69) is 19.9 Å². The van der Waals surface area contributed by atoms with E-state index in [0.717, 1.165) is 18.6 Å². The fourth-order valence-electron chi connectivity index (χ4n) is 1.42. The molecular formula is C12H18O2. The average Bonchev–Trinajstić information content (AvgIpc) is 2.11. The first-order chi connectivity index (χ1) is 6.72. The van der Waals surface area contributed by atoms with Gasteiger partial charge >= 0.3 is 0 Å². The Labute approximate surface area is 85.5 Å². The van der Waals surface area contributed by atoms with Crippen LogP contribution in [0.4, 0.5) is 0 Å². The van der Waals surface area contributed by atoms with E-state index >= 15 is 0 Å². The summed E-state index contributed by atoms with van der Waals surface area (Å²) in [7, 11) is 0. The van der Waals surface area contributed by atoms with Crippen LogP contribution in [-0.4, -0.2) is 18.3 Å². The molecule has 0 amide bonds. The zero-order valence-electron chi connectivity index (χ0n) is 8.92. The molecule has 1 rings (SSSR count). The van der Waals surface area contributed by atoms with E-state index in [4.69, 9.17) is 9.84 Å². The van der Waals surface area contributed by atoms with Gasteiger partial charge in [-0.2, -0.15) is 0 Å². The van der Waals surface area contributed by atoms with Crippen LogP contribution < -0.4 is 4.74 Å². The zero-order chi connectivity index (χ0) is 10.4. The van der Waals surface area contributed by atoms with Crippen molar-refractivity contribution in [3.05, 3.63) is 29.3 Å². The summed E-state index contributed by atoms with van der Waals surface area (Å²) in [6, 6.07) is 6.19. The Bertz CT molecular complexity index is 261. The van der Waals surface area contributed by atoms with Crippen LogP contribution >= 0.6 is 0 Å². The van der Waals surface area contributed by atoms with Gasteiger partial charge in [0.2, 0.25) is 0 Å². The zero-order valence-corrected chi connectivity index (χ0v) is 8.92. The van der Waals surface area contributed by atoms with Crippen molar-refractivity contribution in [3.63, 3.8) is 0 Å². The van der Waals surface area contributed by atoms with Gasteiger partial charge in [-0.25, -0.2) is 0 Å². The summed E-state index contributed by atoms with van der Waals surface area (Å²) in [6.07, 6.45) is 1.72. The minimum Gasteiger partial charge on any atom is -0.494 e. The lowest BCUT2D eigenvalue weighted by Gasteiger charge is -2.07. The fraction of sp³-hybridized carbons (Fsp3) is 0.500. The first kappa shape index (κ1) is 11.1. The number of rotatable bonds is 5. The monoisotopic (exact) mass is 194 g/mol. The average molecular weight is 194 g/mol. The molecule has 0 bridgehead atoms. The van der Waals surface area contributed by atoms with Gasteiger partial charge in [-0.3, -0.25) is 0 Å². The molecule has 0 unspecified atom stereocenters. The van der Waals surface area contributed by atoms with Gasteiger partial charge in [-0.1, -0.05) is 6.07 Å². The Morgan fingerprint density at radius 3 is 2.29 bits per heavy atom. The molecular weight excluding hydrogens is 176 g/mol. The standard InChI is InChI=1S/C12H18O2/c1-10-7-11(2)9-12(8-10)14-6-4-3-5-13/h7-9,13H,3-6H2,1-2H3. The second kappa shape index (κ2) is 5.66. The molecule has 0 saturated heterocycles. The molecule has 1 aromatic carbocycles. The van der Waals surface area contributed by atoms with Crippen molar-refractivity contribution < 1.29 is 9.84 Å². The third kappa shape index (κ3) is 3.79. The molecule has 0 aliphatic rings. The molecule has 2 nitrogen and oxygen atoms in total. The number of hydrogen-bond acceptors (Lipinski definition) is 2. The largest absolute Gasteiger partial charge is 0.494 e. The molecule has 0 atom stereocenters. The van der Waals surface area contributed by atoms with Crippen LogP contribution in [0, 0.1) is 13.8 Å². The van der Waals surface area contributed by atoms with Crippen LogP contribution in [-0.2, 0) is 0 Å². The maximum Gasteiger partial charge on any atom is 0.119 e. The smallest absolute Gasteiger partial charge is 0.119 e. The Balaban J connectivity index is 2.42. The van der Waals surface area contributed by atoms with Crippen LogP contribution in [0.3, 0.4) is 0 Å². The third-order valence-electron chi connectivity index (χ3n) is 2.02. The van der Waals surface area contributed by atoms with Crippen molar-refractivity contribution >= 4 is 0 Å². The predicted octanol–water partition coefficient (Wildman–Crippen LogP) is 2.45. The van der Waals surface area contributed by atoms with E-state index in [0.29, 0.717) is 6.61 Å². The minimum atomic E-state index is 0.246. The molecule has 0 radical (unpaired) electrons. The highest BCUT2D eigenvalue weighted by Gasteiger charge is 1.96. The molecule has 1 aromatic rings. The van der Waals surface area contributed by atoms with Crippen molar-refractivity contribution in [3.8, 4) is 5.75 Å². The summed E-state index contributed by atoms with van der Waals surface area (Å²) in [5, 5.41) is 8.60. The van der Waals surface area contributed by atoms with Crippen LogP contribution in [0.2, 0.25) is 0 Å². The van der Waals surface area contributed by atoms with Gasteiger partial charge in [-0.05, 0) is 49.9 Å². The Morgan fingerprint density at radius 1 is 1.07 bits per heavy atom. The number of ether oxygens (including phenoxy) is 1. The van der Waals surface area contributed by atoms with Crippen molar-refractivity contribution in [2.45, 2.75) is 26.7 Å². The molecule has 14 heavy (non-hydrogen) atoms. The molecule has 0 aromatic heterocycles. The van der Waals surface area contributed by atoms with Crippen molar-refractivity contribution in [1.29, 1.82) is 0 Å². The molecule has 0 spiro atoms. The van der Waals surface area contributed by atoms with E-state index in [-0.39, 0.29) is 6.61 Å². The SMILES string of the molecule is Cc1cc(C)cc(OCCCCO)c1. The van der Waals surface area contributed by atoms with Crippen LogP contribution in [0.1, 0.15) is 24.0 Å². The summed E-state index contributed by atoms with van der Waals surface area (Å²) < 4.78 is 5.56. The van der Waals surface area contributed by atoms with Gasteiger partial charge in [0.1, 0.15) is 5.75 Å². The Kier molecular flexibility index (Phi) is 4.47. The maximum absolute atomic E-state index is 8.60. The lowest BCUT2D eigenvalue weighted by atomic mass is 10.1. The fourth-order valence-corrected chi connectivity index (χ4v) is 1.42. The second-order valence-corrected chi connectivity index (χ2v) is 3.60. The van der Waals surface area contributed by atoms with Gasteiger partial charge in [0, 0.05) is 6.61 Å². The van der Waals surface area contributed by atoms with Crippen molar-refractivity contribution in [1.82, 2.24) is 0 Å². The van der Waals surface area contributed by atoms with E-state index in [9.17, 15) is 0 Å². The quantitative estimate of drug-likeness (QED) is 0.729. The number of hydrogen-bond donors (Lipinski definition) is 1. The van der Waals surface area contributed by atoms with Crippen molar-refractivity contribution in [2.75, 3.05) is 13.2 Å². The first-order valence-corrected chi connectivity index (χ1v) is 5.04. The number of aliphatic hydroxyl groups excluding tert-OH is 1. The van der Waals surface area contributed by atoms with E-state index < -0.39 is 0 Å². The summed E-state index contributed by atoms with van der Waals surface area (Å²) >= 11 is 0. The summed E-state index contributed by atoms with van der Waals surface area (Å²) in [5.41, 5.74) is 2.45. The van der Waals surface area contributed by atoms with Crippen LogP contribution in [0.5, 0.6) is 5.75 Å². The molecule has 0 fully saturated rings. The number of unbranched alkanes of at least 4 members (excludes halogenated alkanes) is 1. The molecule has 78 valence electrons. The normalized spacial score (nSPS) is 10.2. The lowest BCUT2D eigenvalue weighted by Crippen LogP contribution is -1.99.